The van der Waals surface area contributed by atoms with E-state index in [2.05, 4.69) is 13.2 Å². The van der Waals surface area contributed by atoms with Gasteiger partial charge in [-0.15, -0.1) is 13.2 Å². The first-order valence-corrected chi connectivity index (χ1v) is 6.62. The molecule has 0 saturated heterocycles. The topological polar surface area (TPSA) is 40.5 Å². The summed E-state index contributed by atoms with van der Waals surface area (Å²) >= 11 is 0. The third-order valence-corrected chi connectivity index (χ3v) is 3.56. The summed E-state index contributed by atoms with van der Waals surface area (Å²) in [7, 11) is 0. The standard InChI is InChI=1S/C10H18O2.C2H6.C2H4/c11-9-3-1-7-5-10(12)4-2-8(7)6-9;2*1-2/h7-12H,1-6H2;1-2H3;1-2H2. The molecule has 16 heavy (non-hydrogen) atoms. The average molecular weight is 228 g/mol. The van der Waals surface area contributed by atoms with Crippen molar-refractivity contribution in [3.63, 3.8) is 0 Å². The van der Waals surface area contributed by atoms with Crippen LogP contribution in [0.4, 0.5) is 0 Å². The van der Waals surface area contributed by atoms with Crippen molar-refractivity contribution in [2.45, 2.75) is 64.6 Å². The Kier molecular flexibility index (Phi) is 8.58. The molecule has 0 bridgehead atoms. The summed E-state index contributed by atoms with van der Waals surface area (Å²) in [6.45, 7) is 10.0. The third-order valence-electron chi connectivity index (χ3n) is 3.56. The van der Waals surface area contributed by atoms with Crippen LogP contribution in [0.25, 0.3) is 0 Å². The van der Waals surface area contributed by atoms with Gasteiger partial charge in [-0.25, -0.2) is 0 Å². The maximum Gasteiger partial charge on any atom is 0.0543 e. The normalized spacial score (nSPS) is 37.0. The Hall–Kier alpha value is -0.340. The van der Waals surface area contributed by atoms with Crippen molar-refractivity contribution in [3.8, 4) is 0 Å². The van der Waals surface area contributed by atoms with E-state index in [0.29, 0.717) is 11.8 Å². The minimum Gasteiger partial charge on any atom is -0.393 e. The van der Waals surface area contributed by atoms with Crippen LogP contribution in [-0.2, 0) is 0 Å². The van der Waals surface area contributed by atoms with Gasteiger partial charge in [0.1, 0.15) is 0 Å². The highest BCUT2D eigenvalue weighted by molar-refractivity contribution is 4.85. The van der Waals surface area contributed by atoms with Gasteiger partial charge in [-0.3, -0.25) is 0 Å². The summed E-state index contributed by atoms with van der Waals surface area (Å²) in [5, 5.41) is 18.9. The Morgan fingerprint density at radius 2 is 1.06 bits per heavy atom. The second-order valence-electron chi connectivity index (χ2n) is 4.45. The fourth-order valence-electron chi connectivity index (χ4n) is 2.84. The van der Waals surface area contributed by atoms with Gasteiger partial charge < -0.3 is 10.2 Å². The SMILES string of the molecule is C=C.CC.OC1CCC2CC(O)CCC2C1. The molecule has 2 heteroatoms. The molecule has 2 N–H and O–H groups in total. The third kappa shape index (κ3) is 4.67. The molecule has 2 fully saturated rings. The fourth-order valence-corrected chi connectivity index (χ4v) is 2.84. The lowest BCUT2D eigenvalue weighted by atomic mass is 9.69. The molecular formula is C14H28O2. The molecule has 0 heterocycles. The van der Waals surface area contributed by atoms with Gasteiger partial charge in [0.25, 0.3) is 0 Å². The molecule has 0 spiro atoms. The Bertz CT molecular complexity index is 152. The van der Waals surface area contributed by atoms with Crippen molar-refractivity contribution >= 4 is 0 Å². The number of hydrogen-bond donors (Lipinski definition) is 2. The molecule has 2 nitrogen and oxygen atoms in total. The summed E-state index contributed by atoms with van der Waals surface area (Å²) in [6, 6.07) is 0. The highest BCUT2D eigenvalue weighted by Crippen LogP contribution is 2.40. The zero-order chi connectivity index (χ0) is 12.6. The van der Waals surface area contributed by atoms with Gasteiger partial charge in [-0.05, 0) is 50.4 Å². The van der Waals surface area contributed by atoms with E-state index in [1.54, 1.807) is 0 Å². The summed E-state index contributed by atoms with van der Waals surface area (Å²) in [5.41, 5.74) is 0. The molecular weight excluding hydrogens is 200 g/mol. The second-order valence-corrected chi connectivity index (χ2v) is 4.45. The zero-order valence-electron chi connectivity index (χ0n) is 10.9. The molecule has 96 valence electrons. The first kappa shape index (κ1) is 15.7. The zero-order valence-corrected chi connectivity index (χ0v) is 10.9. The second kappa shape index (κ2) is 8.77. The van der Waals surface area contributed by atoms with Crippen LogP contribution in [0.2, 0.25) is 0 Å². The highest BCUT2D eigenvalue weighted by Gasteiger charge is 2.34. The van der Waals surface area contributed by atoms with E-state index in [-0.39, 0.29) is 12.2 Å². The molecule has 0 aliphatic heterocycles. The van der Waals surface area contributed by atoms with Crippen molar-refractivity contribution < 1.29 is 10.2 Å². The van der Waals surface area contributed by atoms with Crippen LogP contribution in [0.15, 0.2) is 13.2 Å². The van der Waals surface area contributed by atoms with Crippen LogP contribution in [0.5, 0.6) is 0 Å². The molecule has 4 unspecified atom stereocenters. The summed E-state index contributed by atoms with van der Waals surface area (Å²) in [5.74, 6) is 1.41. The van der Waals surface area contributed by atoms with E-state index in [1.807, 2.05) is 13.8 Å². The lowest BCUT2D eigenvalue weighted by molar-refractivity contribution is 0.00480. The Labute approximate surface area is 100 Å². The minimum atomic E-state index is -0.0542. The molecule has 2 saturated carbocycles. The quantitative estimate of drug-likeness (QED) is 0.625. The highest BCUT2D eigenvalue weighted by atomic mass is 16.3. The Morgan fingerprint density at radius 1 is 0.750 bits per heavy atom. The number of rotatable bonds is 0. The monoisotopic (exact) mass is 228 g/mol. The molecule has 0 aromatic carbocycles. The average Bonchev–Trinajstić information content (AvgIpc) is 2.35. The van der Waals surface area contributed by atoms with E-state index in [9.17, 15) is 10.2 Å². The van der Waals surface area contributed by atoms with Gasteiger partial charge >= 0.3 is 0 Å². The smallest absolute Gasteiger partial charge is 0.0543 e. The van der Waals surface area contributed by atoms with Crippen molar-refractivity contribution in [2.24, 2.45) is 11.8 Å². The first-order valence-electron chi connectivity index (χ1n) is 6.62. The largest absolute Gasteiger partial charge is 0.393 e. The molecule has 0 aromatic rings. The molecule has 2 aliphatic carbocycles. The Morgan fingerprint density at radius 3 is 1.38 bits per heavy atom. The number of aliphatic hydroxyl groups is 2. The predicted octanol–water partition coefficient (Wildman–Crippen LogP) is 3.14. The van der Waals surface area contributed by atoms with Gasteiger partial charge in [-0.1, -0.05) is 13.8 Å². The summed E-state index contributed by atoms with van der Waals surface area (Å²) < 4.78 is 0. The van der Waals surface area contributed by atoms with Gasteiger partial charge in [0, 0.05) is 0 Å². The lowest BCUT2D eigenvalue weighted by Crippen LogP contribution is -2.34. The van der Waals surface area contributed by atoms with Crippen LogP contribution in [0, 0.1) is 11.8 Å². The number of fused-ring (bicyclic) bond motifs is 1. The van der Waals surface area contributed by atoms with E-state index in [4.69, 9.17) is 0 Å². The summed E-state index contributed by atoms with van der Waals surface area (Å²) in [4.78, 5) is 0. The van der Waals surface area contributed by atoms with Crippen molar-refractivity contribution in [2.75, 3.05) is 0 Å². The van der Waals surface area contributed by atoms with E-state index < -0.39 is 0 Å². The van der Waals surface area contributed by atoms with Gasteiger partial charge in [0.2, 0.25) is 0 Å². The van der Waals surface area contributed by atoms with Crippen LogP contribution in [-0.4, -0.2) is 22.4 Å². The van der Waals surface area contributed by atoms with Gasteiger partial charge in [0.15, 0.2) is 0 Å². The Balaban J connectivity index is 0.000000509. The number of hydrogen-bond acceptors (Lipinski definition) is 2. The first-order chi connectivity index (χ1) is 7.75. The van der Waals surface area contributed by atoms with E-state index in [0.717, 1.165) is 38.5 Å². The lowest BCUT2D eigenvalue weighted by Gasteiger charge is -2.39. The minimum absolute atomic E-state index is 0.0542. The number of aliphatic hydroxyl groups excluding tert-OH is 2. The molecule has 4 atom stereocenters. The van der Waals surface area contributed by atoms with Gasteiger partial charge in [-0.2, -0.15) is 0 Å². The maximum absolute atomic E-state index is 9.45. The molecule has 2 rings (SSSR count). The van der Waals surface area contributed by atoms with E-state index >= 15 is 0 Å². The molecule has 2 aliphatic rings. The van der Waals surface area contributed by atoms with Gasteiger partial charge in [0.05, 0.1) is 12.2 Å². The summed E-state index contributed by atoms with van der Waals surface area (Å²) in [6.07, 6.45) is 6.02. The van der Waals surface area contributed by atoms with Crippen LogP contribution in [0.3, 0.4) is 0 Å². The van der Waals surface area contributed by atoms with Crippen LogP contribution in [0.1, 0.15) is 52.4 Å². The van der Waals surface area contributed by atoms with Crippen molar-refractivity contribution in [3.05, 3.63) is 13.2 Å². The molecule has 0 aromatic heterocycles. The molecule has 0 amide bonds. The molecule has 0 radical (unpaired) electrons. The van der Waals surface area contributed by atoms with Crippen molar-refractivity contribution in [1.29, 1.82) is 0 Å². The van der Waals surface area contributed by atoms with E-state index in [1.165, 1.54) is 0 Å². The van der Waals surface area contributed by atoms with Crippen LogP contribution >= 0.6 is 0 Å². The predicted molar refractivity (Wildman–Crippen MR) is 69.3 cm³/mol. The fraction of sp³-hybridized carbons (Fsp3) is 0.857. The maximum atomic E-state index is 9.45. The van der Waals surface area contributed by atoms with Crippen molar-refractivity contribution in [1.82, 2.24) is 0 Å². The van der Waals surface area contributed by atoms with Crippen LogP contribution < -0.4 is 0 Å².